The summed E-state index contributed by atoms with van der Waals surface area (Å²) in [5.74, 6) is -0.518. The van der Waals surface area contributed by atoms with E-state index in [4.69, 9.17) is 9.52 Å². The maximum atomic E-state index is 11.6. The van der Waals surface area contributed by atoms with Gasteiger partial charge in [0.05, 0.1) is 24.1 Å². The zero-order valence-corrected chi connectivity index (χ0v) is 11.2. The number of pyridine rings is 1. The van der Waals surface area contributed by atoms with Crippen molar-refractivity contribution in [2.45, 2.75) is 11.6 Å². The third kappa shape index (κ3) is 3.86. The summed E-state index contributed by atoms with van der Waals surface area (Å²) < 4.78 is 5.09. The molecule has 2 rings (SSSR count). The van der Waals surface area contributed by atoms with Crippen LogP contribution in [0, 0.1) is 0 Å². The number of aromatic nitrogens is 1. The normalized spacial score (nSPS) is 10.2. The first-order chi connectivity index (χ1) is 9.66. The van der Waals surface area contributed by atoms with Crippen LogP contribution >= 0.6 is 11.8 Å². The fourth-order valence-electron chi connectivity index (χ4n) is 1.45. The van der Waals surface area contributed by atoms with Crippen LogP contribution in [0.25, 0.3) is 0 Å². The maximum absolute atomic E-state index is 11.6. The summed E-state index contributed by atoms with van der Waals surface area (Å²) in [6, 6.07) is 6.50. The van der Waals surface area contributed by atoms with E-state index in [1.807, 2.05) is 0 Å². The van der Waals surface area contributed by atoms with Crippen molar-refractivity contribution in [3.05, 3.63) is 48.0 Å². The number of hydrogen-bond donors (Lipinski definition) is 2. The first kappa shape index (κ1) is 14.1. The number of furan rings is 1. The molecule has 0 aliphatic heterocycles. The molecule has 0 unspecified atom stereocenters. The molecule has 0 atom stereocenters. The van der Waals surface area contributed by atoms with Crippen molar-refractivity contribution in [3.63, 3.8) is 0 Å². The van der Waals surface area contributed by atoms with Gasteiger partial charge in [0.25, 0.3) is 0 Å². The number of thioether (sulfide) groups is 1. The van der Waals surface area contributed by atoms with Gasteiger partial charge in [-0.05, 0) is 24.3 Å². The molecule has 0 saturated carbocycles. The van der Waals surface area contributed by atoms with Crippen molar-refractivity contribution < 1.29 is 19.1 Å². The number of hydrogen-bond acceptors (Lipinski definition) is 5. The van der Waals surface area contributed by atoms with Crippen molar-refractivity contribution in [1.82, 2.24) is 10.3 Å². The second-order valence-corrected chi connectivity index (χ2v) is 4.77. The average Bonchev–Trinajstić information content (AvgIpc) is 2.96. The molecule has 20 heavy (non-hydrogen) atoms. The number of carboxylic acids is 1. The van der Waals surface area contributed by atoms with Crippen LogP contribution in [-0.2, 0) is 11.3 Å². The molecule has 0 aliphatic carbocycles. The molecular formula is C13H12N2O4S. The number of carbonyl (C=O) groups excluding carboxylic acids is 1. The van der Waals surface area contributed by atoms with E-state index in [-0.39, 0.29) is 17.2 Å². The lowest BCUT2D eigenvalue weighted by Crippen LogP contribution is -2.24. The van der Waals surface area contributed by atoms with E-state index in [0.717, 1.165) is 11.8 Å². The zero-order chi connectivity index (χ0) is 14.4. The quantitative estimate of drug-likeness (QED) is 0.788. The van der Waals surface area contributed by atoms with Gasteiger partial charge in [-0.25, -0.2) is 9.78 Å². The van der Waals surface area contributed by atoms with Crippen molar-refractivity contribution in [3.8, 4) is 0 Å². The van der Waals surface area contributed by atoms with Crippen LogP contribution in [-0.4, -0.2) is 27.7 Å². The molecule has 7 heteroatoms. The Morgan fingerprint density at radius 3 is 2.90 bits per heavy atom. The Hall–Kier alpha value is -2.28. The van der Waals surface area contributed by atoms with Crippen LogP contribution in [0.4, 0.5) is 0 Å². The van der Waals surface area contributed by atoms with E-state index in [2.05, 4.69) is 10.3 Å². The Morgan fingerprint density at radius 2 is 2.20 bits per heavy atom. The number of carbonyl (C=O) groups is 2. The SMILES string of the molecule is O=C(CSc1ncccc1C(=O)O)NCc1ccco1. The highest BCUT2D eigenvalue weighted by atomic mass is 32.2. The molecule has 0 radical (unpaired) electrons. The fourth-order valence-corrected chi connectivity index (χ4v) is 2.27. The summed E-state index contributed by atoms with van der Waals surface area (Å²) in [6.07, 6.45) is 3.03. The van der Waals surface area contributed by atoms with Crippen LogP contribution in [0.1, 0.15) is 16.1 Å². The maximum Gasteiger partial charge on any atom is 0.338 e. The first-order valence-corrected chi connectivity index (χ1v) is 6.75. The van der Waals surface area contributed by atoms with Crippen LogP contribution in [0.2, 0.25) is 0 Å². The molecule has 0 bridgehead atoms. The predicted octanol–water partition coefficient (Wildman–Crippen LogP) is 1.78. The first-order valence-electron chi connectivity index (χ1n) is 5.77. The van der Waals surface area contributed by atoms with Gasteiger partial charge in [-0.1, -0.05) is 11.8 Å². The highest BCUT2D eigenvalue weighted by Gasteiger charge is 2.12. The molecule has 0 aromatic carbocycles. The van der Waals surface area contributed by atoms with Gasteiger partial charge in [0.2, 0.25) is 5.91 Å². The molecule has 2 aromatic rings. The minimum atomic E-state index is -1.06. The fraction of sp³-hybridized carbons (Fsp3) is 0.154. The topological polar surface area (TPSA) is 92.4 Å². The molecule has 0 aliphatic rings. The highest BCUT2D eigenvalue weighted by molar-refractivity contribution is 8.00. The third-order valence-electron chi connectivity index (χ3n) is 2.38. The molecule has 2 aromatic heterocycles. The largest absolute Gasteiger partial charge is 0.478 e. The van der Waals surface area contributed by atoms with Crippen LogP contribution in [0.3, 0.4) is 0 Å². The van der Waals surface area contributed by atoms with Gasteiger partial charge >= 0.3 is 5.97 Å². The number of rotatable bonds is 6. The van der Waals surface area contributed by atoms with Gasteiger partial charge in [0.15, 0.2) is 0 Å². The highest BCUT2D eigenvalue weighted by Crippen LogP contribution is 2.19. The van der Waals surface area contributed by atoms with Gasteiger partial charge in [0.1, 0.15) is 10.8 Å². The van der Waals surface area contributed by atoms with E-state index in [1.165, 1.54) is 18.5 Å². The molecule has 1 amide bonds. The summed E-state index contributed by atoms with van der Waals surface area (Å²) in [4.78, 5) is 26.6. The van der Waals surface area contributed by atoms with E-state index >= 15 is 0 Å². The molecule has 0 spiro atoms. The number of carboxylic acid groups (broad SMARTS) is 1. The van der Waals surface area contributed by atoms with E-state index < -0.39 is 5.97 Å². The lowest BCUT2D eigenvalue weighted by atomic mass is 10.3. The standard InChI is InChI=1S/C13H12N2O4S/c16-11(15-7-9-3-2-6-19-9)8-20-12-10(13(17)18)4-1-5-14-12/h1-6H,7-8H2,(H,15,16)(H,17,18). The minimum Gasteiger partial charge on any atom is -0.478 e. The zero-order valence-electron chi connectivity index (χ0n) is 10.4. The van der Waals surface area contributed by atoms with Crippen LogP contribution in [0.5, 0.6) is 0 Å². The van der Waals surface area contributed by atoms with Gasteiger partial charge in [-0.15, -0.1) is 0 Å². The summed E-state index contributed by atoms with van der Waals surface area (Å²) in [7, 11) is 0. The van der Waals surface area contributed by atoms with Crippen LogP contribution < -0.4 is 5.32 Å². The van der Waals surface area contributed by atoms with Gasteiger partial charge in [-0.2, -0.15) is 0 Å². The molecule has 104 valence electrons. The van der Waals surface area contributed by atoms with Crippen molar-refractivity contribution in [1.29, 1.82) is 0 Å². The Labute approximate surface area is 119 Å². The molecule has 2 heterocycles. The van der Waals surface area contributed by atoms with Crippen molar-refractivity contribution in [2.24, 2.45) is 0 Å². The smallest absolute Gasteiger partial charge is 0.338 e. The van der Waals surface area contributed by atoms with Crippen molar-refractivity contribution in [2.75, 3.05) is 5.75 Å². The minimum absolute atomic E-state index is 0.0938. The molecule has 2 N–H and O–H groups in total. The lowest BCUT2D eigenvalue weighted by molar-refractivity contribution is -0.118. The van der Waals surface area contributed by atoms with Gasteiger partial charge in [-0.3, -0.25) is 4.79 Å². The van der Waals surface area contributed by atoms with Crippen molar-refractivity contribution >= 4 is 23.6 Å². The molecule has 6 nitrogen and oxygen atoms in total. The van der Waals surface area contributed by atoms with E-state index in [1.54, 1.807) is 18.2 Å². The third-order valence-corrected chi connectivity index (χ3v) is 3.39. The van der Waals surface area contributed by atoms with Gasteiger partial charge in [0, 0.05) is 6.20 Å². The summed E-state index contributed by atoms with van der Waals surface area (Å²) in [6.45, 7) is 0.306. The van der Waals surface area contributed by atoms with E-state index in [0.29, 0.717) is 17.3 Å². The second-order valence-electron chi connectivity index (χ2n) is 3.81. The lowest BCUT2D eigenvalue weighted by Gasteiger charge is -2.05. The number of amides is 1. The summed E-state index contributed by atoms with van der Waals surface area (Å²) in [5.41, 5.74) is 0.0938. The monoisotopic (exact) mass is 292 g/mol. The Balaban J connectivity index is 1.85. The second kappa shape index (κ2) is 6.76. The summed E-state index contributed by atoms with van der Waals surface area (Å²) in [5, 5.41) is 12.0. The van der Waals surface area contributed by atoms with Crippen LogP contribution in [0.15, 0.2) is 46.2 Å². The average molecular weight is 292 g/mol. The summed E-state index contributed by atoms with van der Waals surface area (Å²) >= 11 is 1.09. The number of nitrogens with one attached hydrogen (secondary N) is 1. The Bertz CT molecular complexity index is 598. The number of nitrogens with zero attached hydrogens (tertiary/aromatic N) is 1. The Morgan fingerprint density at radius 1 is 1.35 bits per heavy atom. The molecule has 0 saturated heterocycles. The molecule has 0 fully saturated rings. The van der Waals surface area contributed by atoms with Gasteiger partial charge < -0.3 is 14.8 Å². The predicted molar refractivity (Wildman–Crippen MR) is 72.5 cm³/mol. The van der Waals surface area contributed by atoms with E-state index in [9.17, 15) is 9.59 Å². The molecular weight excluding hydrogens is 280 g/mol. The number of aromatic carboxylic acids is 1. The Kier molecular flexibility index (Phi) is 4.78.